The third kappa shape index (κ3) is 4.27. The number of aromatic hydroxyl groups is 1. The number of nitrogens with zero attached hydrogens (tertiary/aromatic N) is 1. The van der Waals surface area contributed by atoms with E-state index < -0.39 is 0 Å². The number of phenols is 1. The van der Waals surface area contributed by atoms with Crippen molar-refractivity contribution < 1.29 is 14.3 Å². The number of thiocarbonyl (C=S) groups is 1. The highest BCUT2D eigenvalue weighted by Crippen LogP contribution is 2.36. The van der Waals surface area contributed by atoms with E-state index in [2.05, 4.69) is 15.6 Å². The molecule has 31 heavy (non-hydrogen) atoms. The zero-order valence-corrected chi connectivity index (χ0v) is 18.1. The van der Waals surface area contributed by atoms with Crippen LogP contribution in [0.4, 0.5) is 5.69 Å². The first-order valence-corrected chi connectivity index (χ1v) is 10.1. The van der Waals surface area contributed by atoms with Gasteiger partial charge in [0.1, 0.15) is 11.3 Å². The van der Waals surface area contributed by atoms with Gasteiger partial charge in [0.25, 0.3) is 5.91 Å². The summed E-state index contributed by atoms with van der Waals surface area (Å²) in [5.74, 6) is 0.0858. The number of carbonyl (C=O) groups excluding carboxylic acids is 1. The van der Waals surface area contributed by atoms with Gasteiger partial charge in [-0.15, -0.1) is 0 Å². The number of oxazole rings is 1. The molecule has 0 aliphatic rings. The summed E-state index contributed by atoms with van der Waals surface area (Å²) < 4.78 is 5.79. The lowest BCUT2D eigenvalue weighted by Crippen LogP contribution is -2.34. The van der Waals surface area contributed by atoms with E-state index >= 15 is 0 Å². The highest BCUT2D eigenvalue weighted by atomic mass is 32.1. The second kappa shape index (κ2) is 8.20. The lowest BCUT2D eigenvalue weighted by atomic mass is 10.1. The second-order valence-corrected chi connectivity index (χ2v) is 7.81. The van der Waals surface area contributed by atoms with Gasteiger partial charge in [-0.1, -0.05) is 29.8 Å². The number of para-hydroxylation sites is 2. The van der Waals surface area contributed by atoms with E-state index in [4.69, 9.17) is 16.6 Å². The van der Waals surface area contributed by atoms with Crippen molar-refractivity contribution >= 4 is 40.0 Å². The molecule has 6 nitrogen and oxygen atoms in total. The molecule has 156 valence electrons. The van der Waals surface area contributed by atoms with Gasteiger partial charge in [-0.25, -0.2) is 4.98 Å². The SMILES string of the molecule is Cc1ccc(C(=O)NC(=S)Nc2cc(C)c(O)c(-c3nc4ccccc4o3)c2)c(C)c1. The summed E-state index contributed by atoms with van der Waals surface area (Å²) in [7, 11) is 0. The topological polar surface area (TPSA) is 87.4 Å². The molecule has 4 aromatic rings. The molecule has 0 saturated carbocycles. The van der Waals surface area contributed by atoms with Crippen LogP contribution in [-0.4, -0.2) is 21.1 Å². The van der Waals surface area contributed by atoms with Crippen molar-refractivity contribution in [3.63, 3.8) is 0 Å². The first-order chi connectivity index (χ1) is 14.8. The van der Waals surface area contributed by atoms with Crippen molar-refractivity contribution in [2.75, 3.05) is 5.32 Å². The van der Waals surface area contributed by atoms with Crippen LogP contribution in [0.2, 0.25) is 0 Å². The van der Waals surface area contributed by atoms with Crippen LogP contribution in [-0.2, 0) is 0 Å². The van der Waals surface area contributed by atoms with Gasteiger partial charge in [0, 0.05) is 11.3 Å². The van der Waals surface area contributed by atoms with Gasteiger partial charge in [-0.3, -0.25) is 10.1 Å². The first-order valence-electron chi connectivity index (χ1n) is 9.71. The number of fused-ring (bicyclic) bond motifs is 1. The molecule has 1 aromatic heterocycles. The Bertz CT molecular complexity index is 1290. The molecule has 0 aliphatic heterocycles. The Hall–Kier alpha value is -3.71. The number of hydrogen-bond acceptors (Lipinski definition) is 5. The van der Waals surface area contributed by atoms with Crippen molar-refractivity contribution in [1.82, 2.24) is 10.3 Å². The lowest BCUT2D eigenvalue weighted by molar-refractivity contribution is 0.0977. The highest BCUT2D eigenvalue weighted by Gasteiger charge is 2.17. The minimum atomic E-state index is -0.287. The van der Waals surface area contributed by atoms with Crippen LogP contribution in [0.3, 0.4) is 0 Å². The van der Waals surface area contributed by atoms with Gasteiger partial charge < -0.3 is 14.8 Å². The Labute approximate surface area is 184 Å². The van der Waals surface area contributed by atoms with Crippen LogP contribution in [0.1, 0.15) is 27.0 Å². The number of aromatic nitrogens is 1. The number of hydrogen-bond donors (Lipinski definition) is 3. The number of amides is 1. The molecule has 0 atom stereocenters. The molecule has 0 unspecified atom stereocenters. The zero-order valence-electron chi connectivity index (χ0n) is 17.3. The number of aryl methyl sites for hydroxylation is 3. The monoisotopic (exact) mass is 431 g/mol. The van der Waals surface area contributed by atoms with Crippen molar-refractivity contribution in [2.45, 2.75) is 20.8 Å². The molecule has 1 amide bonds. The van der Waals surface area contributed by atoms with Crippen molar-refractivity contribution in [1.29, 1.82) is 0 Å². The number of nitrogens with one attached hydrogen (secondary N) is 2. The maximum Gasteiger partial charge on any atom is 0.257 e. The molecule has 7 heteroatoms. The highest BCUT2D eigenvalue weighted by molar-refractivity contribution is 7.80. The Morgan fingerprint density at radius 1 is 1.03 bits per heavy atom. The van der Waals surface area contributed by atoms with E-state index in [1.807, 2.05) is 50.2 Å². The summed E-state index contributed by atoms with van der Waals surface area (Å²) in [6.45, 7) is 5.63. The quantitative estimate of drug-likeness (QED) is 0.303. The third-order valence-electron chi connectivity index (χ3n) is 4.94. The van der Waals surface area contributed by atoms with Gasteiger partial charge in [-0.05, 0) is 74.4 Å². The van der Waals surface area contributed by atoms with E-state index in [0.29, 0.717) is 39.4 Å². The Balaban J connectivity index is 1.57. The normalized spacial score (nSPS) is 10.8. The number of benzene rings is 3. The number of anilines is 1. The van der Waals surface area contributed by atoms with Crippen LogP contribution in [0, 0.1) is 20.8 Å². The summed E-state index contributed by atoms with van der Waals surface area (Å²) in [5.41, 5.74) is 5.49. The Morgan fingerprint density at radius 3 is 2.55 bits per heavy atom. The average Bonchev–Trinajstić information content (AvgIpc) is 3.14. The van der Waals surface area contributed by atoms with Gasteiger partial charge in [0.2, 0.25) is 5.89 Å². The molecule has 0 radical (unpaired) electrons. The second-order valence-electron chi connectivity index (χ2n) is 7.40. The van der Waals surface area contributed by atoms with E-state index in [1.54, 1.807) is 25.1 Å². The molecule has 0 saturated heterocycles. The summed E-state index contributed by atoms with van der Waals surface area (Å²) in [5, 5.41) is 16.4. The maximum atomic E-state index is 12.6. The van der Waals surface area contributed by atoms with Crippen LogP contribution >= 0.6 is 12.2 Å². The molecule has 1 heterocycles. The number of rotatable bonds is 3. The number of carbonyl (C=O) groups is 1. The number of phenolic OH excluding ortho intramolecular Hbond substituents is 1. The fourth-order valence-corrected chi connectivity index (χ4v) is 3.61. The average molecular weight is 432 g/mol. The van der Waals surface area contributed by atoms with Gasteiger partial charge in [0.15, 0.2) is 10.7 Å². The van der Waals surface area contributed by atoms with Crippen LogP contribution in [0.5, 0.6) is 5.75 Å². The minimum Gasteiger partial charge on any atom is -0.507 e. The molecule has 0 aliphatic carbocycles. The van der Waals surface area contributed by atoms with E-state index in [9.17, 15) is 9.90 Å². The van der Waals surface area contributed by atoms with E-state index in [1.165, 1.54) is 0 Å². The van der Waals surface area contributed by atoms with Crippen molar-refractivity contribution in [3.8, 4) is 17.2 Å². The smallest absolute Gasteiger partial charge is 0.257 e. The summed E-state index contributed by atoms with van der Waals surface area (Å²) in [6.07, 6.45) is 0. The molecular weight excluding hydrogens is 410 g/mol. The van der Waals surface area contributed by atoms with E-state index in [-0.39, 0.29) is 16.8 Å². The first kappa shape index (κ1) is 20.6. The molecule has 4 rings (SSSR count). The fraction of sp³-hybridized carbons (Fsp3) is 0.125. The third-order valence-corrected chi connectivity index (χ3v) is 5.14. The maximum absolute atomic E-state index is 12.6. The summed E-state index contributed by atoms with van der Waals surface area (Å²) in [4.78, 5) is 17.0. The molecule has 0 fully saturated rings. The molecule has 0 spiro atoms. The van der Waals surface area contributed by atoms with Crippen LogP contribution in [0.15, 0.2) is 59.0 Å². The van der Waals surface area contributed by atoms with Crippen LogP contribution in [0.25, 0.3) is 22.6 Å². The van der Waals surface area contributed by atoms with Gasteiger partial charge in [0.05, 0.1) is 5.56 Å². The standard InChI is InChI=1S/C24H21N3O3S/c1-13-8-9-17(14(2)10-13)22(29)27-24(31)25-16-11-15(3)21(28)18(12-16)23-26-19-6-4-5-7-20(19)30-23/h4-12,28H,1-3H3,(H2,25,27,29,31). The van der Waals surface area contributed by atoms with Gasteiger partial charge >= 0.3 is 0 Å². The predicted molar refractivity (Wildman–Crippen MR) is 125 cm³/mol. The Kier molecular flexibility index (Phi) is 5.44. The Morgan fingerprint density at radius 2 is 1.81 bits per heavy atom. The predicted octanol–water partition coefficient (Wildman–Crippen LogP) is 5.25. The molecule has 3 aromatic carbocycles. The zero-order chi connectivity index (χ0) is 22.1. The van der Waals surface area contributed by atoms with Crippen molar-refractivity contribution in [2.24, 2.45) is 0 Å². The summed E-state index contributed by atoms with van der Waals surface area (Å²) >= 11 is 5.33. The van der Waals surface area contributed by atoms with Crippen LogP contribution < -0.4 is 10.6 Å². The largest absolute Gasteiger partial charge is 0.507 e. The minimum absolute atomic E-state index is 0.0716. The van der Waals surface area contributed by atoms with E-state index in [0.717, 1.165) is 11.1 Å². The lowest BCUT2D eigenvalue weighted by Gasteiger charge is -2.13. The summed E-state index contributed by atoms with van der Waals surface area (Å²) in [6, 6.07) is 16.4. The fourth-order valence-electron chi connectivity index (χ4n) is 3.40. The molecular formula is C24H21N3O3S. The van der Waals surface area contributed by atoms with Crippen molar-refractivity contribution in [3.05, 3.63) is 76.9 Å². The molecule has 0 bridgehead atoms. The van der Waals surface area contributed by atoms with Gasteiger partial charge in [-0.2, -0.15) is 0 Å². The molecule has 3 N–H and O–H groups in total.